The van der Waals surface area contributed by atoms with Gasteiger partial charge in [0.05, 0.1) is 18.0 Å². The summed E-state index contributed by atoms with van der Waals surface area (Å²) in [6.45, 7) is 1.69. The Balaban J connectivity index is 2.19. The largest absolute Gasteiger partial charge is 0.397 e. The summed E-state index contributed by atoms with van der Waals surface area (Å²) < 4.78 is 4.96. The number of benzene rings is 1. The average molecular weight is 221 g/mol. The second kappa shape index (κ2) is 4.40. The van der Waals surface area contributed by atoms with E-state index in [4.69, 9.17) is 10.5 Å². The van der Waals surface area contributed by atoms with Gasteiger partial charge >= 0.3 is 6.03 Å². The summed E-state index contributed by atoms with van der Waals surface area (Å²) in [5, 5.41) is 2.79. The number of nitrogens with one attached hydrogen (secondary N) is 1. The fraction of sp³-hybridized carbons (Fsp3) is 0.364. The van der Waals surface area contributed by atoms with Crippen LogP contribution in [0.1, 0.15) is 5.56 Å². The Labute approximate surface area is 94.2 Å². The normalized spacial score (nSPS) is 14.6. The lowest BCUT2D eigenvalue weighted by Crippen LogP contribution is -2.40. The molecule has 0 aromatic heterocycles. The molecule has 0 fully saturated rings. The van der Waals surface area contributed by atoms with Crippen molar-refractivity contribution < 1.29 is 9.53 Å². The average Bonchev–Trinajstić information content (AvgIpc) is 2.28. The molecule has 0 atom stereocenters. The molecule has 5 heteroatoms. The molecule has 1 aromatic carbocycles. The molecule has 0 spiro atoms. The van der Waals surface area contributed by atoms with Crippen LogP contribution in [-0.2, 0) is 11.3 Å². The third-order valence-corrected chi connectivity index (χ3v) is 2.63. The fourth-order valence-electron chi connectivity index (χ4n) is 1.75. The van der Waals surface area contributed by atoms with Crippen molar-refractivity contribution in [2.45, 2.75) is 6.54 Å². The summed E-state index contributed by atoms with van der Waals surface area (Å²) in [6.07, 6.45) is 0. The number of anilines is 2. The number of para-hydroxylation sites is 1. The monoisotopic (exact) mass is 221 g/mol. The standard InChI is InChI=1S/C11H15N3O2/c1-16-6-5-14-7-8-3-2-4-9(12)10(8)13-11(14)15/h2-4H,5-7,12H2,1H3,(H,13,15). The van der Waals surface area contributed by atoms with Crippen LogP contribution in [0.2, 0.25) is 0 Å². The van der Waals surface area contributed by atoms with Crippen molar-refractivity contribution >= 4 is 17.4 Å². The van der Waals surface area contributed by atoms with E-state index in [1.807, 2.05) is 12.1 Å². The number of amides is 2. The van der Waals surface area contributed by atoms with Crippen LogP contribution in [0.5, 0.6) is 0 Å². The number of ether oxygens (including phenoxy) is 1. The van der Waals surface area contributed by atoms with Crippen molar-refractivity contribution in [2.24, 2.45) is 0 Å². The third kappa shape index (κ3) is 1.94. The van der Waals surface area contributed by atoms with Crippen molar-refractivity contribution in [2.75, 3.05) is 31.3 Å². The van der Waals surface area contributed by atoms with E-state index in [2.05, 4.69) is 5.32 Å². The van der Waals surface area contributed by atoms with Crippen LogP contribution in [-0.4, -0.2) is 31.2 Å². The second-order valence-corrected chi connectivity index (χ2v) is 3.73. The van der Waals surface area contributed by atoms with Gasteiger partial charge in [-0.3, -0.25) is 0 Å². The molecule has 3 N–H and O–H groups in total. The summed E-state index contributed by atoms with van der Waals surface area (Å²) in [5.74, 6) is 0. The van der Waals surface area contributed by atoms with Crippen molar-refractivity contribution in [3.8, 4) is 0 Å². The van der Waals surface area contributed by atoms with Crippen LogP contribution in [0, 0.1) is 0 Å². The molecule has 5 nitrogen and oxygen atoms in total. The number of nitrogens with two attached hydrogens (primary N) is 1. The number of nitrogens with zero attached hydrogens (tertiary/aromatic N) is 1. The summed E-state index contributed by atoms with van der Waals surface area (Å²) in [5.41, 5.74) is 8.17. The van der Waals surface area contributed by atoms with Crippen molar-refractivity contribution in [1.82, 2.24) is 4.90 Å². The van der Waals surface area contributed by atoms with E-state index in [9.17, 15) is 4.79 Å². The van der Waals surface area contributed by atoms with Gasteiger partial charge in [-0.15, -0.1) is 0 Å². The molecular formula is C11H15N3O2. The lowest BCUT2D eigenvalue weighted by molar-refractivity contribution is 0.151. The molecule has 1 aliphatic heterocycles. The maximum atomic E-state index is 11.7. The van der Waals surface area contributed by atoms with Crippen LogP contribution in [0.4, 0.5) is 16.2 Å². The first kappa shape index (κ1) is 10.8. The molecule has 16 heavy (non-hydrogen) atoms. The summed E-state index contributed by atoms with van der Waals surface area (Å²) >= 11 is 0. The minimum absolute atomic E-state index is 0.123. The van der Waals surface area contributed by atoms with Gasteiger partial charge in [0.25, 0.3) is 0 Å². The number of hydrogen-bond acceptors (Lipinski definition) is 3. The molecule has 0 aliphatic carbocycles. The van der Waals surface area contributed by atoms with E-state index in [0.29, 0.717) is 25.4 Å². The minimum atomic E-state index is -0.123. The number of hydrogen-bond donors (Lipinski definition) is 2. The number of fused-ring (bicyclic) bond motifs is 1. The van der Waals surface area contributed by atoms with Crippen LogP contribution in [0.25, 0.3) is 0 Å². The van der Waals surface area contributed by atoms with Crippen molar-refractivity contribution in [3.63, 3.8) is 0 Å². The van der Waals surface area contributed by atoms with Gasteiger partial charge in [0.2, 0.25) is 0 Å². The molecule has 0 unspecified atom stereocenters. The highest BCUT2D eigenvalue weighted by atomic mass is 16.5. The first-order chi connectivity index (χ1) is 7.72. The van der Waals surface area contributed by atoms with Gasteiger partial charge in [0, 0.05) is 20.2 Å². The first-order valence-electron chi connectivity index (χ1n) is 5.14. The van der Waals surface area contributed by atoms with Crippen LogP contribution in [0.3, 0.4) is 0 Å². The summed E-state index contributed by atoms with van der Waals surface area (Å²) in [7, 11) is 1.62. The van der Waals surface area contributed by atoms with E-state index in [1.165, 1.54) is 0 Å². The zero-order valence-electron chi connectivity index (χ0n) is 9.19. The Morgan fingerprint density at radius 1 is 1.56 bits per heavy atom. The smallest absolute Gasteiger partial charge is 0.322 e. The maximum absolute atomic E-state index is 11.7. The van der Waals surface area contributed by atoms with Gasteiger partial charge in [-0.2, -0.15) is 0 Å². The number of carbonyl (C=O) groups is 1. The van der Waals surface area contributed by atoms with Crippen molar-refractivity contribution in [3.05, 3.63) is 23.8 Å². The van der Waals surface area contributed by atoms with E-state index in [0.717, 1.165) is 11.3 Å². The molecular weight excluding hydrogens is 206 g/mol. The predicted molar refractivity (Wildman–Crippen MR) is 62.2 cm³/mol. The Hall–Kier alpha value is -1.75. The lowest BCUT2D eigenvalue weighted by Gasteiger charge is -2.29. The van der Waals surface area contributed by atoms with Gasteiger partial charge in [-0.25, -0.2) is 4.79 Å². The zero-order valence-corrected chi connectivity index (χ0v) is 9.19. The van der Waals surface area contributed by atoms with E-state index in [1.54, 1.807) is 18.1 Å². The molecule has 1 heterocycles. The van der Waals surface area contributed by atoms with Gasteiger partial charge in [-0.1, -0.05) is 12.1 Å². The third-order valence-electron chi connectivity index (χ3n) is 2.63. The molecule has 86 valence electrons. The minimum Gasteiger partial charge on any atom is -0.397 e. The fourth-order valence-corrected chi connectivity index (χ4v) is 1.75. The Kier molecular flexibility index (Phi) is 2.96. The van der Waals surface area contributed by atoms with E-state index in [-0.39, 0.29) is 6.03 Å². The van der Waals surface area contributed by atoms with Crippen molar-refractivity contribution in [1.29, 1.82) is 0 Å². The van der Waals surface area contributed by atoms with Gasteiger partial charge < -0.3 is 20.7 Å². The molecule has 0 saturated heterocycles. The highest BCUT2D eigenvalue weighted by molar-refractivity contribution is 5.95. The van der Waals surface area contributed by atoms with E-state index < -0.39 is 0 Å². The molecule has 2 rings (SSSR count). The van der Waals surface area contributed by atoms with Gasteiger partial charge in [0.15, 0.2) is 0 Å². The first-order valence-corrected chi connectivity index (χ1v) is 5.14. The summed E-state index contributed by atoms with van der Waals surface area (Å²) in [4.78, 5) is 13.4. The summed E-state index contributed by atoms with van der Waals surface area (Å²) in [6, 6.07) is 5.51. The highest BCUT2D eigenvalue weighted by Gasteiger charge is 2.23. The van der Waals surface area contributed by atoms with E-state index >= 15 is 0 Å². The Bertz CT molecular complexity index is 406. The highest BCUT2D eigenvalue weighted by Crippen LogP contribution is 2.28. The number of methoxy groups -OCH3 is 1. The molecule has 1 aliphatic rings. The zero-order chi connectivity index (χ0) is 11.5. The molecule has 0 radical (unpaired) electrons. The number of nitrogen functional groups attached to an aromatic ring is 1. The van der Waals surface area contributed by atoms with Crippen LogP contribution < -0.4 is 11.1 Å². The second-order valence-electron chi connectivity index (χ2n) is 3.73. The number of carbonyl (C=O) groups excluding carboxylic acids is 1. The molecule has 0 bridgehead atoms. The van der Waals surface area contributed by atoms with Gasteiger partial charge in [0.1, 0.15) is 0 Å². The maximum Gasteiger partial charge on any atom is 0.322 e. The number of urea groups is 1. The molecule has 0 saturated carbocycles. The molecule has 1 aromatic rings. The lowest BCUT2D eigenvalue weighted by atomic mass is 10.1. The van der Waals surface area contributed by atoms with Gasteiger partial charge in [-0.05, 0) is 11.6 Å². The topological polar surface area (TPSA) is 67.6 Å². The van der Waals surface area contributed by atoms with Crippen LogP contribution >= 0.6 is 0 Å². The van der Waals surface area contributed by atoms with Crippen LogP contribution in [0.15, 0.2) is 18.2 Å². The SMILES string of the molecule is COCCN1Cc2cccc(N)c2NC1=O. The number of rotatable bonds is 3. The predicted octanol–water partition coefficient (Wildman–Crippen LogP) is 1.26. The Morgan fingerprint density at radius 3 is 3.12 bits per heavy atom. The quantitative estimate of drug-likeness (QED) is 0.755. The molecule has 2 amide bonds. The Morgan fingerprint density at radius 2 is 2.38 bits per heavy atom.